The Morgan fingerprint density at radius 2 is 2.09 bits per heavy atom. The van der Waals surface area contributed by atoms with Gasteiger partial charge in [0.2, 0.25) is 5.91 Å². The van der Waals surface area contributed by atoms with E-state index in [2.05, 4.69) is 43.1 Å². The molecule has 0 aliphatic carbocycles. The van der Waals surface area contributed by atoms with Crippen molar-refractivity contribution in [3.05, 3.63) is 36.2 Å². The highest BCUT2D eigenvalue weighted by atomic mass is 32.2. The first kappa shape index (κ1) is 17.5. The summed E-state index contributed by atoms with van der Waals surface area (Å²) in [6, 6.07) is 8.19. The maximum atomic E-state index is 12.2. The lowest BCUT2D eigenvalue weighted by Gasteiger charge is -2.19. The summed E-state index contributed by atoms with van der Waals surface area (Å²) in [4.78, 5) is 14.0. The summed E-state index contributed by atoms with van der Waals surface area (Å²) in [7, 11) is 1.85. The van der Waals surface area contributed by atoms with Crippen LogP contribution in [-0.4, -0.2) is 44.9 Å². The smallest absolute Gasteiger partial charge is 0.232 e. The number of hydrogen-bond donors (Lipinski definition) is 0. The second kappa shape index (κ2) is 8.15. The molecule has 0 saturated carbocycles. The van der Waals surface area contributed by atoms with Gasteiger partial charge in [-0.05, 0) is 24.0 Å². The van der Waals surface area contributed by atoms with Gasteiger partial charge in [0.1, 0.15) is 6.33 Å². The molecule has 2 rings (SSSR count). The van der Waals surface area contributed by atoms with Crippen LogP contribution in [0.25, 0.3) is 5.69 Å². The van der Waals surface area contributed by atoms with E-state index >= 15 is 0 Å². The zero-order valence-electron chi connectivity index (χ0n) is 14.2. The minimum atomic E-state index is 0.113. The lowest BCUT2D eigenvalue weighted by atomic mass is 10.1. The number of nitrogens with zero attached hydrogens (tertiary/aromatic N) is 4. The Kier molecular flexibility index (Phi) is 6.21. The minimum Gasteiger partial charge on any atom is -0.345 e. The topological polar surface area (TPSA) is 51.0 Å². The molecule has 0 bridgehead atoms. The number of para-hydroxylation sites is 1. The summed E-state index contributed by atoms with van der Waals surface area (Å²) in [6.45, 7) is 7.11. The Bertz CT molecular complexity index is 654. The average Bonchev–Trinajstić information content (AvgIpc) is 3.00. The summed E-state index contributed by atoms with van der Waals surface area (Å²) in [6.07, 6.45) is 2.65. The number of carbonyl (C=O) groups excluding carboxylic acids is 1. The molecule has 0 N–H and O–H groups in total. The van der Waals surface area contributed by atoms with E-state index in [-0.39, 0.29) is 5.91 Å². The van der Waals surface area contributed by atoms with Gasteiger partial charge >= 0.3 is 0 Å². The van der Waals surface area contributed by atoms with Crippen molar-refractivity contribution in [3.63, 3.8) is 0 Å². The molecule has 0 fully saturated rings. The van der Waals surface area contributed by atoms with Crippen molar-refractivity contribution >= 4 is 17.7 Å². The molecule has 5 nitrogen and oxygen atoms in total. The molecule has 124 valence electrons. The van der Waals surface area contributed by atoms with Gasteiger partial charge in [-0.25, -0.2) is 0 Å². The van der Waals surface area contributed by atoms with Crippen LogP contribution in [0.5, 0.6) is 0 Å². The maximum Gasteiger partial charge on any atom is 0.232 e. The molecule has 0 atom stereocenters. The Labute approximate surface area is 142 Å². The van der Waals surface area contributed by atoms with Crippen molar-refractivity contribution in [2.45, 2.75) is 32.3 Å². The van der Waals surface area contributed by atoms with Gasteiger partial charge in [0, 0.05) is 13.6 Å². The van der Waals surface area contributed by atoms with Crippen LogP contribution in [0.1, 0.15) is 26.3 Å². The van der Waals surface area contributed by atoms with E-state index in [0.29, 0.717) is 11.7 Å². The standard InChI is InChI=1S/C17H24N4OS/c1-5-14-8-6-7-9-15(14)21-12-18-19-17(21)23-11-16(22)20(4)10-13(2)3/h6-9,12-13H,5,10-11H2,1-4H3. The maximum absolute atomic E-state index is 12.2. The molecule has 6 heteroatoms. The van der Waals surface area contributed by atoms with Crippen LogP contribution >= 0.6 is 11.8 Å². The summed E-state index contributed by atoms with van der Waals surface area (Å²) >= 11 is 1.43. The number of rotatable bonds is 7. The quantitative estimate of drug-likeness (QED) is 0.731. The zero-order valence-corrected chi connectivity index (χ0v) is 15.0. The number of amides is 1. The highest BCUT2D eigenvalue weighted by molar-refractivity contribution is 7.99. The first-order valence-corrected chi connectivity index (χ1v) is 8.86. The monoisotopic (exact) mass is 332 g/mol. The van der Waals surface area contributed by atoms with Gasteiger partial charge in [0.05, 0.1) is 11.4 Å². The average molecular weight is 332 g/mol. The Hall–Kier alpha value is -1.82. The predicted octanol–water partition coefficient (Wildman–Crippen LogP) is 3.04. The van der Waals surface area contributed by atoms with Gasteiger partial charge < -0.3 is 4.90 Å². The fourth-order valence-corrected chi connectivity index (χ4v) is 3.28. The molecular weight excluding hydrogens is 308 g/mol. The lowest BCUT2D eigenvalue weighted by Crippen LogP contribution is -2.31. The van der Waals surface area contributed by atoms with E-state index in [9.17, 15) is 4.79 Å². The van der Waals surface area contributed by atoms with Crippen LogP contribution in [0, 0.1) is 5.92 Å². The van der Waals surface area contributed by atoms with Gasteiger partial charge in [0.15, 0.2) is 5.16 Å². The number of aromatic nitrogens is 3. The number of carbonyl (C=O) groups is 1. The first-order valence-electron chi connectivity index (χ1n) is 7.88. The molecule has 0 aliphatic rings. The third-order valence-electron chi connectivity index (χ3n) is 3.54. The fraction of sp³-hybridized carbons (Fsp3) is 0.471. The van der Waals surface area contributed by atoms with Crippen molar-refractivity contribution in [3.8, 4) is 5.69 Å². The van der Waals surface area contributed by atoms with Gasteiger partial charge in [-0.2, -0.15) is 0 Å². The summed E-state index contributed by atoms with van der Waals surface area (Å²) in [5.74, 6) is 0.951. The van der Waals surface area contributed by atoms with E-state index in [1.807, 2.05) is 23.7 Å². The molecular formula is C17H24N4OS. The van der Waals surface area contributed by atoms with E-state index in [1.54, 1.807) is 11.2 Å². The van der Waals surface area contributed by atoms with Crippen molar-refractivity contribution < 1.29 is 4.79 Å². The number of benzene rings is 1. The molecule has 1 aromatic heterocycles. The largest absolute Gasteiger partial charge is 0.345 e. The molecule has 1 aromatic carbocycles. The molecule has 0 radical (unpaired) electrons. The summed E-state index contributed by atoms with van der Waals surface area (Å²) < 4.78 is 1.96. The molecule has 1 heterocycles. The van der Waals surface area contributed by atoms with Crippen molar-refractivity contribution in [1.29, 1.82) is 0 Å². The Balaban J connectivity index is 2.09. The van der Waals surface area contributed by atoms with Gasteiger partial charge in [0.25, 0.3) is 0 Å². The minimum absolute atomic E-state index is 0.113. The lowest BCUT2D eigenvalue weighted by molar-refractivity contribution is -0.127. The van der Waals surface area contributed by atoms with Crippen LogP contribution < -0.4 is 0 Å². The SMILES string of the molecule is CCc1ccccc1-n1cnnc1SCC(=O)N(C)CC(C)C. The van der Waals surface area contributed by atoms with Gasteiger partial charge in [-0.15, -0.1) is 10.2 Å². The van der Waals surface area contributed by atoms with Crippen LogP contribution in [0.3, 0.4) is 0 Å². The normalized spacial score (nSPS) is 11.0. The van der Waals surface area contributed by atoms with E-state index in [0.717, 1.165) is 23.8 Å². The van der Waals surface area contributed by atoms with Crippen LogP contribution in [-0.2, 0) is 11.2 Å². The predicted molar refractivity (Wildman–Crippen MR) is 93.9 cm³/mol. The summed E-state index contributed by atoms with van der Waals surface area (Å²) in [5, 5.41) is 8.93. The van der Waals surface area contributed by atoms with Crippen LogP contribution in [0.2, 0.25) is 0 Å². The van der Waals surface area contributed by atoms with Crippen LogP contribution in [0.15, 0.2) is 35.7 Å². The molecule has 0 aliphatic heterocycles. The molecule has 2 aromatic rings. The third kappa shape index (κ3) is 4.58. The highest BCUT2D eigenvalue weighted by Gasteiger charge is 2.14. The number of hydrogen-bond acceptors (Lipinski definition) is 4. The summed E-state index contributed by atoms with van der Waals surface area (Å²) in [5.41, 5.74) is 2.31. The van der Waals surface area contributed by atoms with Crippen molar-refractivity contribution in [1.82, 2.24) is 19.7 Å². The van der Waals surface area contributed by atoms with E-state index in [4.69, 9.17) is 0 Å². The van der Waals surface area contributed by atoms with Gasteiger partial charge in [-0.3, -0.25) is 9.36 Å². The molecule has 23 heavy (non-hydrogen) atoms. The fourth-order valence-electron chi connectivity index (χ4n) is 2.42. The second-order valence-electron chi connectivity index (χ2n) is 5.92. The molecule has 0 saturated heterocycles. The number of aryl methyl sites for hydroxylation is 1. The number of thioether (sulfide) groups is 1. The van der Waals surface area contributed by atoms with E-state index < -0.39 is 0 Å². The molecule has 1 amide bonds. The molecule has 0 unspecified atom stereocenters. The first-order chi connectivity index (χ1) is 11.0. The van der Waals surface area contributed by atoms with E-state index in [1.165, 1.54) is 17.3 Å². The third-order valence-corrected chi connectivity index (χ3v) is 4.47. The zero-order chi connectivity index (χ0) is 16.8. The second-order valence-corrected chi connectivity index (χ2v) is 6.87. The van der Waals surface area contributed by atoms with Gasteiger partial charge in [-0.1, -0.05) is 50.7 Å². The van der Waals surface area contributed by atoms with Crippen molar-refractivity contribution in [2.75, 3.05) is 19.3 Å². The van der Waals surface area contributed by atoms with Crippen LogP contribution in [0.4, 0.5) is 0 Å². The van der Waals surface area contributed by atoms with Crippen molar-refractivity contribution in [2.24, 2.45) is 5.92 Å². The Morgan fingerprint density at radius 1 is 1.35 bits per heavy atom. The Morgan fingerprint density at radius 3 is 2.78 bits per heavy atom. The highest BCUT2D eigenvalue weighted by Crippen LogP contribution is 2.22. The molecule has 0 spiro atoms.